The third-order valence-electron chi connectivity index (χ3n) is 1.92. The van der Waals surface area contributed by atoms with Crippen LogP contribution in [0.3, 0.4) is 0 Å². The van der Waals surface area contributed by atoms with Gasteiger partial charge < -0.3 is 5.11 Å². The first-order chi connectivity index (χ1) is 6.60. The molecule has 0 saturated carbocycles. The van der Waals surface area contributed by atoms with E-state index in [1.807, 2.05) is 6.92 Å². The summed E-state index contributed by atoms with van der Waals surface area (Å²) in [6.07, 6.45) is 0.644. The standard InChI is InChI=1S/C10H8ClNO2/c1-2-6-3-8(10(13)14)7(5-12)4-9(6)11/h3-4H,2H2,1H3,(H,13,14). The molecular formula is C10H8ClNO2. The molecule has 0 atom stereocenters. The van der Waals surface area contributed by atoms with Crippen LogP contribution in [0, 0.1) is 11.3 Å². The molecule has 0 saturated heterocycles. The van der Waals surface area contributed by atoms with Crippen molar-refractivity contribution in [3.8, 4) is 6.07 Å². The molecule has 0 radical (unpaired) electrons. The topological polar surface area (TPSA) is 61.1 Å². The highest BCUT2D eigenvalue weighted by Crippen LogP contribution is 2.21. The first-order valence-electron chi connectivity index (χ1n) is 4.06. The van der Waals surface area contributed by atoms with E-state index in [0.29, 0.717) is 11.4 Å². The van der Waals surface area contributed by atoms with Crippen molar-refractivity contribution in [1.82, 2.24) is 0 Å². The van der Waals surface area contributed by atoms with Crippen LogP contribution in [0.2, 0.25) is 5.02 Å². The lowest BCUT2D eigenvalue weighted by Gasteiger charge is -2.04. The van der Waals surface area contributed by atoms with E-state index in [9.17, 15) is 4.79 Å². The minimum absolute atomic E-state index is 0.00810. The first-order valence-corrected chi connectivity index (χ1v) is 4.43. The fraction of sp³-hybridized carbons (Fsp3) is 0.200. The second kappa shape index (κ2) is 4.12. The van der Waals surface area contributed by atoms with Gasteiger partial charge in [-0.25, -0.2) is 4.79 Å². The van der Waals surface area contributed by atoms with Crippen LogP contribution in [-0.2, 0) is 6.42 Å². The molecular weight excluding hydrogens is 202 g/mol. The van der Waals surface area contributed by atoms with Crippen molar-refractivity contribution < 1.29 is 9.90 Å². The van der Waals surface area contributed by atoms with Gasteiger partial charge in [-0.1, -0.05) is 18.5 Å². The van der Waals surface area contributed by atoms with Crippen LogP contribution in [-0.4, -0.2) is 11.1 Å². The summed E-state index contributed by atoms with van der Waals surface area (Å²) in [5.74, 6) is -1.10. The van der Waals surface area contributed by atoms with Crippen LogP contribution in [0.1, 0.15) is 28.4 Å². The maximum Gasteiger partial charge on any atom is 0.337 e. The number of nitriles is 1. The number of carbonyl (C=O) groups is 1. The number of carboxylic acid groups (broad SMARTS) is 1. The summed E-state index contributed by atoms with van der Waals surface area (Å²) in [5, 5.41) is 17.9. The van der Waals surface area contributed by atoms with Crippen molar-refractivity contribution >= 4 is 17.6 Å². The number of aryl methyl sites for hydroxylation is 1. The Kier molecular flexibility index (Phi) is 3.10. The number of benzene rings is 1. The monoisotopic (exact) mass is 209 g/mol. The molecule has 3 nitrogen and oxygen atoms in total. The largest absolute Gasteiger partial charge is 0.478 e. The van der Waals surface area contributed by atoms with E-state index in [2.05, 4.69) is 0 Å². The molecule has 1 rings (SSSR count). The number of carboxylic acids is 1. The zero-order valence-corrected chi connectivity index (χ0v) is 8.30. The van der Waals surface area contributed by atoms with Crippen molar-refractivity contribution in [1.29, 1.82) is 5.26 Å². The maximum atomic E-state index is 10.8. The molecule has 1 aromatic carbocycles. The van der Waals surface area contributed by atoms with E-state index < -0.39 is 5.97 Å². The first kappa shape index (κ1) is 10.6. The minimum Gasteiger partial charge on any atom is -0.478 e. The van der Waals surface area contributed by atoms with E-state index in [-0.39, 0.29) is 11.1 Å². The molecule has 1 N–H and O–H groups in total. The van der Waals surface area contributed by atoms with Crippen LogP contribution >= 0.6 is 11.6 Å². The molecule has 0 fully saturated rings. The minimum atomic E-state index is -1.10. The Morgan fingerprint density at radius 2 is 2.29 bits per heavy atom. The summed E-state index contributed by atoms with van der Waals surface area (Å²) in [7, 11) is 0. The van der Waals surface area contributed by atoms with Gasteiger partial charge in [-0.15, -0.1) is 0 Å². The Morgan fingerprint density at radius 3 is 2.71 bits per heavy atom. The number of hydrogen-bond acceptors (Lipinski definition) is 2. The van der Waals surface area contributed by atoms with Crippen molar-refractivity contribution in [2.24, 2.45) is 0 Å². The molecule has 1 aromatic rings. The number of nitrogens with zero attached hydrogens (tertiary/aromatic N) is 1. The van der Waals surface area contributed by atoms with Gasteiger partial charge in [0.05, 0.1) is 11.1 Å². The molecule has 0 heterocycles. The number of halogens is 1. The Morgan fingerprint density at radius 1 is 1.64 bits per heavy atom. The van der Waals surface area contributed by atoms with Crippen LogP contribution in [0.5, 0.6) is 0 Å². The summed E-state index contributed by atoms with van der Waals surface area (Å²) >= 11 is 5.84. The van der Waals surface area contributed by atoms with Crippen molar-refractivity contribution in [2.45, 2.75) is 13.3 Å². The van der Waals surface area contributed by atoms with Crippen LogP contribution in [0.4, 0.5) is 0 Å². The number of hydrogen-bond donors (Lipinski definition) is 1. The third kappa shape index (κ3) is 1.86. The maximum absolute atomic E-state index is 10.8. The highest BCUT2D eigenvalue weighted by molar-refractivity contribution is 6.31. The van der Waals surface area contributed by atoms with Crippen molar-refractivity contribution in [2.75, 3.05) is 0 Å². The third-order valence-corrected chi connectivity index (χ3v) is 2.27. The molecule has 0 aliphatic carbocycles. The zero-order chi connectivity index (χ0) is 10.7. The highest BCUT2D eigenvalue weighted by Gasteiger charge is 2.12. The normalized spacial score (nSPS) is 9.50. The summed E-state index contributed by atoms with van der Waals surface area (Å²) in [6.45, 7) is 1.87. The molecule has 0 aliphatic heterocycles. The van der Waals surface area contributed by atoms with Gasteiger partial charge in [0.15, 0.2) is 0 Å². The van der Waals surface area contributed by atoms with Gasteiger partial charge in [-0.05, 0) is 24.1 Å². The lowest BCUT2D eigenvalue weighted by atomic mass is 10.0. The Balaban J connectivity index is 3.42. The van der Waals surface area contributed by atoms with Gasteiger partial charge in [0.25, 0.3) is 0 Å². The average molecular weight is 210 g/mol. The molecule has 0 aromatic heterocycles. The van der Waals surface area contributed by atoms with E-state index in [1.54, 1.807) is 6.07 Å². The summed E-state index contributed by atoms with van der Waals surface area (Å²) < 4.78 is 0. The molecule has 4 heteroatoms. The Labute approximate surface area is 86.5 Å². The van der Waals surface area contributed by atoms with Gasteiger partial charge in [0, 0.05) is 5.02 Å². The Bertz CT molecular complexity index is 421. The smallest absolute Gasteiger partial charge is 0.337 e. The van der Waals surface area contributed by atoms with Gasteiger partial charge in [0.2, 0.25) is 0 Å². The summed E-state index contributed by atoms with van der Waals surface area (Å²) in [4.78, 5) is 10.8. The van der Waals surface area contributed by atoms with Gasteiger partial charge >= 0.3 is 5.97 Å². The van der Waals surface area contributed by atoms with Crippen LogP contribution in [0.25, 0.3) is 0 Å². The Hall–Kier alpha value is -1.53. The van der Waals surface area contributed by atoms with Crippen molar-refractivity contribution in [3.63, 3.8) is 0 Å². The summed E-state index contributed by atoms with van der Waals surface area (Å²) in [6, 6.07) is 4.64. The average Bonchev–Trinajstić information content (AvgIpc) is 2.16. The fourth-order valence-electron chi connectivity index (χ4n) is 1.16. The number of rotatable bonds is 2. The lowest BCUT2D eigenvalue weighted by molar-refractivity contribution is 0.0696. The van der Waals surface area contributed by atoms with E-state index in [4.69, 9.17) is 22.0 Å². The van der Waals surface area contributed by atoms with Crippen LogP contribution < -0.4 is 0 Å². The second-order valence-corrected chi connectivity index (χ2v) is 3.17. The highest BCUT2D eigenvalue weighted by atomic mass is 35.5. The second-order valence-electron chi connectivity index (χ2n) is 2.76. The molecule has 0 aliphatic rings. The predicted molar refractivity (Wildman–Crippen MR) is 52.5 cm³/mol. The molecule has 0 amide bonds. The van der Waals surface area contributed by atoms with Crippen molar-refractivity contribution in [3.05, 3.63) is 33.8 Å². The molecule has 0 spiro atoms. The molecule has 0 bridgehead atoms. The predicted octanol–water partition coefficient (Wildman–Crippen LogP) is 2.47. The number of aromatic carboxylic acids is 1. The fourth-order valence-corrected chi connectivity index (χ4v) is 1.46. The quantitative estimate of drug-likeness (QED) is 0.814. The SMILES string of the molecule is CCc1cc(C(=O)O)c(C#N)cc1Cl. The van der Waals surface area contributed by atoms with E-state index in [1.165, 1.54) is 12.1 Å². The molecule has 72 valence electrons. The van der Waals surface area contributed by atoms with Gasteiger partial charge in [-0.3, -0.25) is 0 Å². The lowest BCUT2D eigenvalue weighted by Crippen LogP contribution is -2.01. The van der Waals surface area contributed by atoms with Gasteiger partial charge in [0.1, 0.15) is 6.07 Å². The van der Waals surface area contributed by atoms with Crippen LogP contribution in [0.15, 0.2) is 12.1 Å². The zero-order valence-electron chi connectivity index (χ0n) is 7.54. The molecule has 0 unspecified atom stereocenters. The molecule has 14 heavy (non-hydrogen) atoms. The van der Waals surface area contributed by atoms with E-state index in [0.717, 1.165) is 5.56 Å². The van der Waals surface area contributed by atoms with E-state index >= 15 is 0 Å². The summed E-state index contributed by atoms with van der Waals surface area (Å²) in [5.41, 5.74) is 0.844. The van der Waals surface area contributed by atoms with Gasteiger partial charge in [-0.2, -0.15) is 5.26 Å².